The van der Waals surface area contributed by atoms with Gasteiger partial charge >= 0.3 is 0 Å². The molecule has 0 aliphatic heterocycles. The van der Waals surface area contributed by atoms with E-state index in [1.165, 1.54) is 31.4 Å². The van der Waals surface area contributed by atoms with Crippen molar-refractivity contribution >= 4 is 15.7 Å². The van der Waals surface area contributed by atoms with Gasteiger partial charge in [0.05, 0.1) is 17.5 Å². The Balaban J connectivity index is 2.77. The zero-order chi connectivity index (χ0) is 15.2. The first kappa shape index (κ1) is 16.6. The van der Waals surface area contributed by atoms with Gasteiger partial charge in [0.25, 0.3) is 5.91 Å². The van der Waals surface area contributed by atoms with Gasteiger partial charge in [-0.05, 0) is 30.7 Å². The molecule has 0 aromatic heterocycles. The molecule has 0 aliphatic rings. The molecule has 112 valence electrons. The maximum Gasteiger partial charge on any atom is 0.251 e. The highest BCUT2D eigenvalue weighted by atomic mass is 32.2. The number of hydrogen-bond donors (Lipinski definition) is 2. The minimum atomic E-state index is -3.27. The van der Waals surface area contributed by atoms with Gasteiger partial charge < -0.3 is 15.2 Å². The van der Waals surface area contributed by atoms with Crippen LogP contribution in [0.25, 0.3) is 0 Å². The van der Waals surface area contributed by atoms with Crippen LogP contribution in [0.4, 0.5) is 0 Å². The van der Waals surface area contributed by atoms with Crippen LogP contribution in [0, 0.1) is 0 Å². The summed E-state index contributed by atoms with van der Waals surface area (Å²) in [5.74, 6) is -0.333. The number of rotatable bonds is 7. The van der Waals surface area contributed by atoms with E-state index in [0.717, 1.165) is 6.26 Å². The lowest BCUT2D eigenvalue weighted by molar-refractivity contribution is 0.0878. The number of carbonyl (C=O) groups excluding carboxylic acids is 1. The second-order valence-electron chi connectivity index (χ2n) is 4.43. The van der Waals surface area contributed by atoms with Gasteiger partial charge in [-0.15, -0.1) is 0 Å². The lowest BCUT2D eigenvalue weighted by Gasteiger charge is -2.16. The second kappa shape index (κ2) is 7.37. The Morgan fingerprint density at radius 1 is 1.35 bits per heavy atom. The van der Waals surface area contributed by atoms with Crippen molar-refractivity contribution in [2.24, 2.45) is 0 Å². The van der Waals surface area contributed by atoms with E-state index in [4.69, 9.17) is 9.84 Å². The van der Waals surface area contributed by atoms with Gasteiger partial charge in [0.1, 0.15) is 0 Å². The van der Waals surface area contributed by atoms with Crippen molar-refractivity contribution in [2.75, 3.05) is 26.6 Å². The van der Waals surface area contributed by atoms with Crippen molar-refractivity contribution in [3.05, 3.63) is 29.8 Å². The molecule has 20 heavy (non-hydrogen) atoms. The summed E-state index contributed by atoms with van der Waals surface area (Å²) in [6, 6.07) is 5.40. The van der Waals surface area contributed by atoms with Crippen LogP contribution in [0.2, 0.25) is 0 Å². The molecule has 6 nitrogen and oxygen atoms in total. The fourth-order valence-corrected chi connectivity index (χ4v) is 2.31. The molecular formula is C13H19NO5S. The summed E-state index contributed by atoms with van der Waals surface area (Å²) in [6.45, 7) is 0.245. The number of hydrogen-bond acceptors (Lipinski definition) is 5. The molecule has 7 heteroatoms. The van der Waals surface area contributed by atoms with Crippen LogP contribution in [0.3, 0.4) is 0 Å². The van der Waals surface area contributed by atoms with E-state index in [2.05, 4.69) is 5.32 Å². The standard InChI is InChI=1S/C13H19NO5S/c1-19-9-11(7-8-15)14-13(16)10-3-5-12(6-4-10)20(2,17)18/h3-6,11,15H,7-9H2,1-2H3,(H,14,16). The molecule has 1 rings (SSSR count). The molecule has 2 N–H and O–H groups in total. The van der Waals surface area contributed by atoms with E-state index in [0.29, 0.717) is 18.6 Å². The summed E-state index contributed by atoms with van der Waals surface area (Å²) in [5.41, 5.74) is 0.358. The molecule has 1 unspecified atom stereocenters. The number of nitrogens with one attached hydrogen (secondary N) is 1. The molecule has 0 aliphatic carbocycles. The smallest absolute Gasteiger partial charge is 0.251 e. The molecule has 0 heterocycles. The van der Waals surface area contributed by atoms with Gasteiger partial charge in [-0.2, -0.15) is 0 Å². The third-order valence-corrected chi connectivity index (χ3v) is 3.85. The Hall–Kier alpha value is -1.44. The monoisotopic (exact) mass is 301 g/mol. The molecule has 0 spiro atoms. The Morgan fingerprint density at radius 3 is 2.40 bits per heavy atom. The van der Waals surface area contributed by atoms with E-state index in [1.807, 2.05) is 0 Å². The van der Waals surface area contributed by atoms with Gasteiger partial charge in [-0.3, -0.25) is 4.79 Å². The highest BCUT2D eigenvalue weighted by molar-refractivity contribution is 7.90. The first-order valence-electron chi connectivity index (χ1n) is 6.09. The summed E-state index contributed by atoms with van der Waals surface area (Å²) in [7, 11) is -1.76. The Kier molecular flexibility index (Phi) is 6.12. The molecule has 1 amide bonds. The third-order valence-electron chi connectivity index (χ3n) is 2.73. The average Bonchev–Trinajstić information content (AvgIpc) is 2.38. The fourth-order valence-electron chi connectivity index (χ4n) is 1.68. The SMILES string of the molecule is COCC(CCO)NC(=O)c1ccc(S(C)(=O)=O)cc1. The third kappa shape index (κ3) is 4.92. The summed E-state index contributed by atoms with van der Waals surface area (Å²) in [4.78, 5) is 12.1. The molecule has 0 saturated heterocycles. The predicted molar refractivity (Wildman–Crippen MR) is 74.4 cm³/mol. The van der Waals surface area contributed by atoms with Crippen molar-refractivity contribution in [1.82, 2.24) is 5.32 Å². The highest BCUT2D eigenvalue weighted by Gasteiger charge is 2.14. The Bertz CT molecular complexity index is 532. The van der Waals surface area contributed by atoms with Gasteiger partial charge in [0, 0.05) is 25.5 Å². The molecule has 1 aromatic rings. The lowest BCUT2D eigenvalue weighted by Crippen LogP contribution is -2.38. The van der Waals surface area contributed by atoms with Crippen LogP contribution in [-0.4, -0.2) is 52.1 Å². The van der Waals surface area contributed by atoms with Crippen molar-refractivity contribution in [3.63, 3.8) is 0 Å². The summed E-state index contributed by atoms with van der Waals surface area (Å²) >= 11 is 0. The largest absolute Gasteiger partial charge is 0.396 e. The van der Waals surface area contributed by atoms with Crippen LogP contribution < -0.4 is 5.32 Å². The minimum absolute atomic E-state index is 0.0542. The zero-order valence-electron chi connectivity index (χ0n) is 11.5. The molecule has 1 atom stereocenters. The molecular weight excluding hydrogens is 282 g/mol. The van der Waals surface area contributed by atoms with Crippen molar-refractivity contribution in [1.29, 1.82) is 0 Å². The van der Waals surface area contributed by atoms with E-state index < -0.39 is 9.84 Å². The van der Waals surface area contributed by atoms with E-state index in [9.17, 15) is 13.2 Å². The predicted octanol–water partition coefficient (Wildman–Crippen LogP) is 0.217. The van der Waals surface area contributed by atoms with Gasteiger partial charge in [-0.25, -0.2) is 8.42 Å². The number of ether oxygens (including phenoxy) is 1. The molecule has 0 radical (unpaired) electrons. The zero-order valence-corrected chi connectivity index (χ0v) is 12.3. The van der Waals surface area contributed by atoms with E-state index >= 15 is 0 Å². The van der Waals surface area contributed by atoms with Gasteiger partial charge in [-0.1, -0.05) is 0 Å². The number of sulfone groups is 1. The average molecular weight is 301 g/mol. The fraction of sp³-hybridized carbons (Fsp3) is 0.462. The van der Waals surface area contributed by atoms with Gasteiger partial charge in [0.2, 0.25) is 0 Å². The van der Waals surface area contributed by atoms with Crippen LogP contribution in [0.5, 0.6) is 0 Å². The number of benzene rings is 1. The normalized spacial score (nSPS) is 12.9. The number of carbonyl (C=O) groups is 1. The molecule has 0 fully saturated rings. The Morgan fingerprint density at radius 2 is 1.95 bits per heavy atom. The van der Waals surface area contributed by atoms with E-state index in [-0.39, 0.29) is 23.5 Å². The quantitative estimate of drug-likeness (QED) is 0.751. The molecule has 0 bridgehead atoms. The highest BCUT2D eigenvalue weighted by Crippen LogP contribution is 2.10. The summed E-state index contributed by atoms with van der Waals surface area (Å²) in [6.07, 6.45) is 1.50. The number of amides is 1. The van der Waals surface area contributed by atoms with Crippen molar-refractivity contribution in [3.8, 4) is 0 Å². The van der Waals surface area contributed by atoms with Crippen molar-refractivity contribution < 1.29 is 23.1 Å². The summed E-state index contributed by atoms with van der Waals surface area (Å²) in [5, 5.41) is 11.6. The molecule has 0 saturated carbocycles. The maximum atomic E-state index is 12.0. The lowest BCUT2D eigenvalue weighted by atomic mass is 10.1. The van der Waals surface area contributed by atoms with Crippen LogP contribution in [0.1, 0.15) is 16.8 Å². The first-order chi connectivity index (χ1) is 9.38. The van der Waals surface area contributed by atoms with E-state index in [1.54, 1.807) is 0 Å². The topological polar surface area (TPSA) is 92.7 Å². The number of aliphatic hydroxyl groups is 1. The van der Waals surface area contributed by atoms with Gasteiger partial charge in [0.15, 0.2) is 9.84 Å². The number of methoxy groups -OCH3 is 1. The second-order valence-corrected chi connectivity index (χ2v) is 6.45. The van der Waals surface area contributed by atoms with Crippen LogP contribution in [0.15, 0.2) is 29.2 Å². The van der Waals surface area contributed by atoms with Crippen molar-refractivity contribution in [2.45, 2.75) is 17.4 Å². The maximum absolute atomic E-state index is 12.0. The van der Waals surface area contributed by atoms with Crippen LogP contribution >= 0.6 is 0 Å². The summed E-state index contributed by atoms with van der Waals surface area (Å²) < 4.78 is 27.6. The van der Waals surface area contributed by atoms with Crippen LogP contribution in [-0.2, 0) is 14.6 Å². The molecule has 1 aromatic carbocycles. The Labute approximate surface area is 118 Å². The number of aliphatic hydroxyl groups excluding tert-OH is 1. The minimum Gasteiger partial charge on any atom is -0.396 e. The first-order valence-corrected chi connectivity index (χ1v) is 7.98.